The lowest BCUT2D eigenvalue weighted by Crippen LogP contribution is -2.23. The number of para-hydroxylation sites is 1. The van der Waals surface area contributed by atoms with Crippen LogP contribution in [0.1, 0.15) is 48.7 Å². The Labute approximate surface area is 194 Å². The predicted octanol–water partition coefficient (Wildman–Crippen LogP) is 5.25. The molecular formula is C26H30N2O5. The number of nitrogens with one attached hydrogen (secondary N) is 1. The number of ether oxygens (including phenoxy) is 3. The van der Waals surface area contributed by atoms with Crippen LogP contribution in [-0.4, -0.2) is 31.2 Å². The van der Waals surface area contributed by atoms with Crippen LogP contribution in [-0.2, 0) is 6.54 Å². The zero-order chi connectivity index (χ0) is 23.0. The molecule has 1 saturated carbocycles. The van der Waals surface area contributed by atoms with Crippen LogP contribution in [0.4, 0.5) is 0 Å². The monoisotopic (exact) mass is 450 g/mol. The van der Waals surface area contributed by atoms with Gasteiger partial charge in [-0.3, -0.25) is 4.79 Å². The number of rotatable bonds is 12. The fourth-order valence-electron chi connectivity index (χ4n) is 3.31. The van der Waals surface area contributed by atoms with Gasteiger partial charge in [-0.15, -0.1) is 0 Å². The zero-order valence-corrected chi connectivity index (χ0v) is 19.1. The van der Waals surface area contributed by atoms with Gasteiger partial charge in [0.1, 0.15) is 12.0 Å². The summed E-state index contributed by atoms with van der Waals surface area (Å²) in [6, 6.07) is 12.8. The summed E-state index contributed by atoms with van der Waals surface area (Å²) >= 11 is 0. The maximum Gasteiger partial charge on any atom is 0.255 e. The van der Waals surface area contributed by atoms with E-state index in [1.807, 2.05) is 36.4 Å². The van der Waals surface area contributed by atoms with Crippen molar-refractivity contribution in [3.63, 3.8) is 0 Å². The summed E-state index contributed by atoms with van der Waals surface area (Å²) in [6.07, 6.45) is 5.95. The minimum Gasteiger partial charge on any atom is -0.493 e. The number of carbonyl (C=O) groups is 1. The number of hydrogen-bond donors (Lipinski definition) is 1. The number of nitrogens with zero attached hydrogens (tertiary/aromatic N) is 1. The Morgan fingerprint density at radius 3 is 2.76 bits per heavy atom. The molecule has 1 aliphatic rings. The average Bonchev–Trinajstić information content (AvgIpc) is 3.56. The van der Waals surface area contributed by atoms with Crippen LogP contribution in [0, 0.1) is 5.92 Å². The Hall–Kier alpha value is -3.48. The van der Waals surface area contributed by atoms with Crippen LogP contribution in [0.15, 0.2) is 53.1 Å². The minimum absolute atomic E-state index is 0.216. The highest BCUT2D eigenvalue weighted by Crippen LogP contribution is 2.35. The van der Waals surface area contributed by atoms with Gasteiger partial charge in [-0.2, -0.15) is 0 Å². The van der Waals surface area contributed by atoms with Crippen LogP contribution < -0.4 is 19.5 Å². The Kier molecular flexibility index (Phi) is 7.50. The standard InChI is InChI=1S/C26H30N2O5/c1-3-4-13-31-22-8-6-5-7-21(22)25(29)27-15-20-17-33-26(28-20)19-11-12-23(30-2)24(14-19)32-16-18-9-10-18/h5-8,11-12,14,17-18H,3-4,9-10,13,15-16H2,1-2H3,(H,27,29). The Balaban J connectivity index is 1.39. The summed E-state index contributed by atoms with van der Waals surface area (Å²) in [5.41, 5.74) is 1.91. The number of amides is 1. The van der Waals surface area contributed by atoms with E-state index in [1.54, 1.807) is 19.4 Å². The highest BCUT2D eigenvalue weighted by Gasteiger charge is 2.23. The Morgan fingerprint density at radius 1 is 1.12 bits per heavy atom. The van der Waals surface area contributed by atoms with E-state index >= 15 is 0 Å². The number of benzene rings is 2. The quantitative estimate of drug-likeness (QED) is 0.380. The Morgan fingerprint density at radius 2 is 1.97 bits per heavy atom. The number of unbranched alkanes of at least 4 members (excludes halogenated alkanes) is 1. The first-order valence-electron chi connectivity index (χ1n) is 11.4. The van der Waals surface area contributed by atoms with E-state index in [2.05, 4.69) is 17.2 Å². The van der Waals surface area contributed by atoms with Crippen molar-refractivity contribution in [2.45, 2.75) is 39.2 Å². The summed E-state index contributed by atoms with van der Waals surface area (Å²) in [6.45, 7) is 3.61. The number of oxazole rings is 1. The van der Waals surface area contributed by atoms with Gasteiger partial charge < -0.3 is 23.9 Å². The van der Waals surface area contributed by atoms with Gasteiger partial charge in [-0.1, -0.05) is 25.5 Å². The first kappa shape index (κ1) is 22.7. The number of methoxy groups -OCH3 is 1. The lowest BCUT2D eigenvalue weighted by Gasteiger charge is -2.11. The van der Waals surface area contributed by atoms with Crippen molar-refractivity contribution < 1.29 is 23.4 Å². The molecule has 4 rings (SSSR count). The van der Waals surface area contributed by atoms with Crippen molar-refractivity contribution in [2.24, 2.45) is 5.92 Å². The molecule has 0 radical (unpaired) electrons. The normalized spacial score (nSPS) is 12.9. The summed E-state index contributed by atoms with van der Waals surface area (Å²) in [4.78, 5) is 17.2. The highest BCUT2D eigenvalue weighted by atomic mass is 16.5. The molecule has 3 aromatic rings. The average molecular weight is 451 g/mol. The van der Waals surface area contributed by atoms with Crippen LogP contribution in [0.3, 0.4) is 0 Å². The molecule has 2 aromatic carbocycles. The summed E-state index contributed by atoms with van der Waals surface area (Å²) in [7, 11) is 1.62. The molecular weight excluding hydrogens is 420 g/mol. The number of hydrogen-bond acceptors (Lipinski definition) is 6. The van der Waals surface area contributed by atoms with Crippen LogP contribution in [0.5, 0.6) is 17.2 Å². The van der Waals surface area contributed by atoms with E-state index in [0.717, 1.165) is 18.4 Å². The molecule has 7 heteroatoms. The fourth-order valence-corrected chi connectivity index (χ4v) is 3.31. The summed E-state index contributed by atoms with van der Waals surface area (Å²) in [5, 5.41) is 2.89. The summed E-state index contributed by atoms with van der Waals surface area (Å²) < 4.78 is 22.8. The van der Waals surface area contributed by atoms with Crippen molar-refractivity contribution >= 4 is 5.91 Å². The largest absolute Gasteiger partial charge is 0.493 e. The first-order valence-corrected chi connectivity index (χ1v) is 11.4. The molecule has 7 nitrogen and oxygen atoms in total. The van der Waals surface area contributed by atoms with Gasteiger partial charge >= 0.3 is 0 Å². The molecule has 0 atom stereocenters. The molecule has 0 saturated heterocycles. The van der Waals surface area contributed by atoms with Gasteiger partial charge in [0.05, 0.1) is 38.1 Å². The maximum atomic E-state index is 12.7. The van der Waals surface area contributed by atoms with E-state index in [0.29, 0.717) is 53.5 Å². The van der Waals surface area contributed by atoms with Gasteiger partial charge in [0.25, 0.3) is 5.91 Å². The van der Waals surface area contributed by atoms with Gasteiger partial charge in [0, 0.05) is 5.56 Å². The second-order valence-electron chi connectivity index (χ2n) is 8.14. The van der Waals surface area contributed by atoms with E-state index in [4.69, 9.17) is 18.6 Å². The molecule has 0 bridgehead atoms. The third-order valence-corrected chi connectivity index (χ3v) is 5.45. The molecule has 33 heavy (non-hydrogen) atoms. The van der Waals surface area contributed by atoms with Crippen molar-refractivity contribution in [3.05, 3.63) is 60.0 Å². The molecule has 0 unspecified atom stereocenters. The number of carbonyl (C=O) groups excluding carboxylic acids is 1. The molecule has 1 fully saturated rings. The highest BCUT2D eigenvalue weighted by molar-refractivity contribution is 5.96. The van der Waals surface area contributed by atoms with Gasteiger partial charge in [0.2, 0.25) is 5.89 Å². The van der Waals surface area contributed by atoms with E-state index in [1.165, 1.54) is 12.8 Å². The molecule has 1 aliphatic carbocycles. The molecule has 0 aliphatic heterocycles. The third kappa shape index (κ3) is 6.06. The lowest BCUT2D eigenvalue weighted by atomic mass is 10.2. The van der Waals surface area contributed by atoms with Crippen LogP contribution >= 0.6 is 0 Å². The van der Waals surface area contributed by atoms with Crippen LogP contribution in [0.25, 0.3) is 11.5 Å². The maximum absolute atomic E-state index is 12.7. The number of aromatic nitrogens is 1. The topological polar surface area (TPSA) is 82.8 Å². The van der Waals surface area contributed by atoms with Gasteiger partial charge in [-0.05, 0) is 55.5 Å². The Bertz CT molecular complexity index is 1070. The van der Waals surface area contributed by atoms with E-state index < -0.39 is 0 Å². The summed E-state index contributed by atoms with van der Waals surface area (Å²) in [5.74, 6) is 2.82. The molecule has 1 aromatic heterocycles. The van der Waals surface area contributed by atoms with Gasteiger partial charge in [0.15, 0.2) is 11.5 Å². The minimum atomic E-state index is -0.216. The first-order chi connectivity index (χ1) is 16.2. The lowest BCUT2D eigenvalue weighted by molar-refractivity contribution is 0.0946. The van der Waals surface area contributed by atoms with E-state index in [-0.39, 0.29) is 12.5 Å². The molecule has 1 amide bonds. The molecule has 0 spiro atoms. The second kappa shape index (κ2) is 10.9. The van der Waals surface area contributed by atoms with Gasteiger partial charge in [-0.25, -0.2) is 4.98 Å². The second-order valence-corrected chi connectivity index (χ2v) is 8.14. The predicted molar refractivity (Wildman–Crippen MR) is 125 cm³/mol. The van der Waals surface area contributed by atoms with Crippen LogP contribution in [0.2, 0.25) is 0 Å². The van der Waals surface area contributed by atoms with Crippen molar-refractivity contribution in [1.29, 1.82) is 0 Å². The van der Waals surface area contributed by atoms with Crippen molar-refractivity contribution in [3.8, 4) is 28.7 Å². The third-order valence-electron chi connectivity index (χ3n) is 5.45. The van der Waals surface area contributed by atoms with E-state index in [9.17, 15) is 4.79 Å². The molecule has 1 heterocycles. The molecule has 174 valence electrons. The van der Waals surface area contributed by atoms with Crippen molar-refractivity contribution in [1.82, 2.24) is 10.3 Å². The SMILES string of the molecule is CCCCOc1ccccc1C(=O)NCc1coc(-c2ccc(OC)c(OCC3CC3)c2)n1. The fraction of sp³-hybridized carbons (Fsp3) is 0.385. The molecule has 1 N–H and O–H groups in total. The zero-order valence-electron chi connectivity index (χ0n) is 19.1. The smallest absolute Gasteiger partial charge is 0.255 e. The van der Waals surface area contributed by atoms with Crippen molar-refractivity contribution in [2.75, 3.05) is 20.3 Å².